The number of fused-ring (bicyclic) bond motifs is 2. The van der Waals surface area contributed by atoms with Gasteiger partial charge in [0.2, 0.25) is 0 Å². The minimum Gasteiger partial charge on any atom is -0.322 e. The highest BCUT2D eigenvalue weighted by molar-refractivity contribution is 7.10. The number of nitrogens with one attached hydrogen (secondary N) is 1. The first-order valence-electron chi connectivity index (χ1n) is 8.34. The van der Waals surface area contributed by atoms with Crippen LogP contribution in [0.25, 0.3) is 0 Å². The molecule has 1 aromatic carbocycles. The summed E-state index contributed by atoms with van der Waals surface area (Å²) in [5.74, 6) is 0.0818. The van der Waals surface area contributed by atoms with Crippen LogP contribution in [0.3, 0.4) is 0 Å². The number of hydrogen-bond acceptors (Lipinski definition) is 2. The van der Waals surface area contributed by atoms with Gasteiger partial charge in [-0.05, 0) is 74.1 Å². The molecule has 22 heavy (non-hydrogen) atoms. The fourth-order valence-corrected chi connectivity index (χ4v) is 4.90. The molecule has 0 unspecified atom stereocenters. The van der Waals surface area contributed by atoms with Gasteiger partial charge in [0.15, 0.2) is 0 Å². The molecule has 0 spiro atoms. The second kappa shape index (κ2) is 5.88. The highest BCUT2D eigenvalue weighted by atomic mass is 32.1. The van der Waals surface area contributed by atoms with E-state index in [0.29, 0.717) is 0 Å². The number of thiophene rings is 1. The molecule has 0 saturated heterocycles. The third-order valence-corrected chi connectivity index (χ3v) is 6.04. The van der Waals surface area contributed by atoms with Gasteiger partial charge in [-0.15, -0.1) is 11.3 Å². The third-order valence-electron chi connectivity index (χ3n) is 4.95. The first-order valence-corrected chi connectivity index (χ1v) is 9.22. The van der Waals surface area contributed by atoms with Crippen LogP contribution < -0.4 is 5.32 Å². The van der Waals surface area contributed by atoms with Gasteiger partial charge in [-0.1, -0.05) is 12.1 Å². The molecule has 0 bridgehead atoms. The van der Waals surface area contributed by atoms with Crippen molar-refractivity contribution in [2.45, 2.75) is 51.4 Å². The number of carbonyl (C=O) groups is 1. The molecule has 0 radical (unpaired) electrons. The number of amides is 1. The summed E-state index contributed by atoms with van der Waals surface area (Å²) in [6.07, 6.45) is 9.42. The van der Waals surface area contributed by atoms with Crippen molar-refractivity contribution in [1.82, 2.24) is 0 Å². The highest BCUT2D eigenvalue weighted by Crippen LogP contribution is 2.32. The molecular weight excluding hydrogens is 290 g/mol. The van der Waals surface area contributed by atoms with Gasteiger partial charge in [0.25, 0.3) is 5.91 Å². The summed E-state index contributed by atoms with van der Waals surface area (Å²) in [5, 5.41) is 5.25. The van der Waals surface area contributed by atoms with E-state index in [4.69, 9.17) is 0 Å². The minimum atomic E-state index is 0.0818. The first-order chi connectivity index (χ1) is 10.8. The number of carbonyl (C=O) groups excluding carboxylic acids is 1. The van der Waals surface area contributed by atoms with E-state index in [2.05, 4.69) is 28.9 Å². The highest BCUT2D eigenvalue weighted by Gasteiger charge is 2.21. The number of hydrogen-bond donors (Lipinski definition) is 1. The molecule has 0 atom stereocenters. The second-order valence-corrected chi connectivity index (χ2v) is 7.33. The van der Waals surface area contributed by atoms with Crippen molar-refractivity contribution in [3.63, 3.8) is 0 Å². The molecular formula is C19H21NOS. The van der Waals surface area contributed by atoms with Crippen molar-refractivity contribution < 1.29 is 4.79 Å². The molecule has 114 valence electrons. The molecule has 0 aliphatic heterocycles. The second-order valence-electron chi connectivity index (χ2n) is 6.36. The zero-order valence-electron chi connectivity index (χ0n) is 12.8. The maximum atomic E-state index is 12.7. The molecule has 2 aromatic rings. The Balaban J connectivity index is 1.61. The Labute approximate surface area is 135 Å². The van der Waals surface area contributed by atoms with E-state index in [9.17, 15) is 4.79 Å². The Morgan fingerprint density at radius 1 is 0.955 bits per heavy atom. The van der Waals surface area contributed by atoms with Gasteiger partial charge in [0.1, 0.15) is 0 Å². The van der Waals surface area contributed by atoms with E-state index < -0.39 is 0 Å². The maximum absolute atomic E-state index is 12.7. The lowest BCUT2D eigenvalue weighted by atomic mass is 9.90. The van der Waals surface area contributed by atoms with Crippen LogP contribution in [0, 0.1) is 0 Å². The number of anilines is 1. The van der Waals surface area contributed by atoms with Crippen molar-refractivity contribution in [2.75, 3.05) is 5.32 Å². The topological polar surface area (TPSA) is 29.1 Å². The zero-order valence-corrected chi connectivity index (χ0v) is 13.6. The van der Waals surface area contributed by atoms with Crippen LogP contribution in [-0.2, 0) is 25.7 Å². The van der Waals surface area contributed by atoms with Crippen molar-refractivity contribution in [1.29, 1.82) is 0 Å². The molecule has 1 heterocycles. The van der Waals surface area contributed by atoms with Crippen molar-refractivity contribution >= 4 is 22.9 Å². The monoisotopic (exact) mass is 311 g/mol. The predicted octanol–water partition coefficient (Wildman–Crippen LogP) is 4.76. The van der Waals surface area contributed by atoms with E-state index in [0.717, 1.165) is 36.9 Å². The van der Waals surface area contributed by atoms with Crippen LogP contribution in [0.2, 0.25) is 0 Å². The summed E-state index contributed by atoms with van der Waals surface area (Å²) < 4.78 is 0. The molecule has 0 fully saturated rings. The first kappa shape index (κ1) is 14.0. The lowest BCUT2D eigenvalue weighted by molar-refractivity contribution is 0.102. The van der Waals surface area contributed by atoms with Crippen LogP contribution >= 0.6 is 11.3 Å². The Bertz CT molecular complexity index is 716. The van der Waals surface area contributed by atoms with E-state index >= 15 is 0 Å². The zero-order chi connectivity index (χ0) is 14.9. The minimum absolute atomic E-state index is 0.0818. The van der Waals surface area contributed by atoms with Crippen molar-refractivity contribution in [3.05, 3.63) is 50.7 Å². The van der Waals surface area contributed by atoms with Crippen molar-refractivity contribution in [3.8, 4) is 0 Å². The summed E-state index contributed by atoms with van der Waals surface area (Å²) in [7, 11) is 0. The van der Waals surface area contributed by atoms with Crippen LogP contribution in [0.1, 0.15) is 57.6 Å². The number of benzene rings is 1. The molecule has 1 aromatic heterocycles. The Morgan fingerprint density at radius 2 is 1.73 bits per heavy atom. The summed E-state index contributed by atoms with van der Waals surface area (Å²) >= 11 is 1.76. The maximum Gasteiger partial charge on any atom is 0.256 e. The average Bonchev–Trinajstić information content (AvgIpc) is 2.99. The van der Waals surface area contributed by atoms with Crippen LogP contribution in [-0.4, -0.2) is 5.91 Å². The largest absolute Gasteiger partial charge is 0.322 e. The molecule has 2 nitrogen and oxygen atoms in total. The van der Waals surface area contributed by atoms with Gasteiger partial charge < -0.3 is 5.32 Å². The van der Waals surface area contributed by atoms with Crippen LogP contribution in [0.15, 0.2) is 23.6 Å². The molecule has 1 amide bonds. The third kappa shape index (κ3) is 2.48. The van der Waals surface area contributed by atoms with E-state index in [1.165, 1.54) is 47.3 Å². The van der Waals surface area contributed by atoms with Crippen LogP contribution in [0.4, 0.5) is 5.69 Å². The number of aryl methyl sites for hydroxylation is 2. The Morgan fingerprint density at radius 3 is 2.64 bits per heavy atom. The smallest absolute Gasteiger partial charge is 0.256 e. The number of rotatable bonds is 2. The van der Waals surface area contributed by atoms with Gasteiger partial charge in [0, 0.05) is 15.9 Å². The van der Waals surface area contributed by atoms with E-state index in [1.54, 1.807) is 11.3 Å². The lowest BCUT2D eigenvalue weighted by Gasteiger charge is -2.20. The van der Waals surface area contributed by atoms with Gasteiger partial charge in [-0.25, -0.2) is 0 Å². The molecule has 4 rings (SSSR count). The fourth-order valence-electron chi connectivity index (χ4n) is 3.77. The van der Waals surface area contributed by atoms with E-state index in [-0.39, 0.29) is 5.91 Å². The van der Waals surface area contributed by atoms with Gasteiger partial charge in [-0.2, -0.15) is 0 Å². The van der Waals surface area contributed by atoms with Crippen LogP contribution in [0.5, 0.6) is 0 Å². The summed E-state index contributed by atoms with van der Waals surface area (Å²) in [6, 6.07) is 6.33. The molecule has 3 heteroatoms. The fraction of sp³-hybridized carbons (Fsp3) is 0.421. The Kier molecular flexibility index (Phi) is 3.75. The van der Waals surface area contributed by atoms with Gasteiger partial charge >= 0.3 is 0 Å². The molecule has 2 aliphatic carbocycles. The Hall–Kier alpha value is -1.61. The summed E-state index contributed by atoms with van der Waals surface area (Å²) in [4.78, 5) is 14.2. The SMILES string of the molecule is O=C(Nc1cccc2c1CCCC2)c1csc2c1CCCC2. The normalized spacial score (nSPS) is 16.7. The lowest BCUT2D eigenvalue weighted by Crippen LogP contribution is -2.17. The molecule has 0 saturated carbocycles. The molecule has 1 N–H and O–H groups in total. The van der Waals surface area contributed by atoms with E-state index in [1.807, 2.05) is 0 Å². The quantitative estimate of drug-likeness (QED) is 0.851. The predicted molar refractivity (Wildman–Crippen MR) is 92.0 cm³/mol. The van der Waals surface area contributed by atoms with Gasteiger partial charge in [-0.3, -0.25) is 4.79 Å². The standard InChI is InChI=1S/C19H21NOS/c21-19(16-12-22-18-11-4-3-9-15(16)18)20-17-10-5-7-13-6-1-2-8-14(13)17/h5,7,10,12H,1-4,6,8-9,11H2,(H,20,21). The van der Waals surface area contributed by atoms with Crippen molar-refractivity contribution in [2.24, 2.45) is 0 Å². The average molecular weight is 311 g/mol. The molecule has 2 aliphatic rings. The summed E-state index contributed by atoms with van der Waals surface area (Å²) in [5.41, 5.74) is 6.01. The summed E-state index contributed by atoms with van der Waals surface area (Å²) in [6.45, 7) is 0. The van der Waals surface area contributed by atoms with Gasteiger partial charge in [0.05, 0.1) is 5.56 Å².